The van der Waals surface area contributed by atoms with E-state index in [1.165, 1.54) is 24.8 Å². The maximum absolute atomic E-state index is 12.0. The van der Waals surface area contributed by atoms with Gasteiger partial charge in [-0.05, 0) is 60.9 Å². The number of halogens is 3. The Labute approximate surface area is 158 Å². The zero-order chi connectivity index (χ0) is 19.5. The zero-order valence-corrected chi connectivity index (χ0v) is 15.4. The highest BCUT2D eigenvalue weighted by atomic mass is 19.4. The number of hydrogen-bond donors (Lipinski definition) is 0. The predicted molar refractivity (Wildman–Crippen MR) is 103 cm³/mol. The fourth-order valence-electron chi connectivity index (χ4n) is 2.44. The van der Waals surface area contributed by atoms with E-state index < -0.39 is 6.18 Å². The van der Waals surface area contributed by atoms with Crippen molar-refractivity contribution in [2.24, 2.45) is 0 Å². The van der Waals surface area contributed by atoms with Gasteiger partial charge in [-0.25, -0.2) is 0 Å². The minimum absolute atomic E-state index is 0.130. The first-order valence-corrected chi connectivity index (χ1v) is 9.04. The van der Waals surface area contributed by atoms with Crippen LogP contribution in [0.15, 0.2) is 60.7 Å². The molecule has 142 valence electrons. The molecule has 0 amide bonds. The van der Waals surface area contributed by atoms with Gasteiger partial charge in [0.2, 0.25) is 0 Å². The van der Waals surface area contributed by atoms with Crippen LogP contribution in [0.2, 0.25) is 0 Å². The van der Waals surface area contributed by atoms with Crippen LogP contribution in [0.25, 0.3) is 0 Å². The van der Waals surface area contributed by atoms with E-state index in [0.717, 1.165) is 23.6 Å². The van der Waals surface area contributed by atoms with Crippen molar-refractivity contribution in [3.8, 4) is 17.6 Å². The van der Waals surface area contributed by atoms with Crippen LogP contribution in [0, 0.1) is 11.8 Å². The molecule has 0 aliphatic carbocycles. The Morgan fingerprint density at radius 2 is 1.48 bits per heavy atom. The van der Waals surface area contributed by atoms with Gasteiger partial charge in [0.15, 0.2) is 0 Å². The Morgan fingerprint density at radius 3 is 2.04 bits per heavy atom. The number of unbranched alkanes of at least 4 members (excludes halogenated alkanes) is 2. The first-order chi connectivity index (χ1) is 13.0. The lowest BCUT2D eigenvalue weighted by Crippen LogP contribution is -2.02. The fraction of sp³-hybridized carbons (Fsp3) is 0.304. The summed E-state index contributed by atoms with van der Waals surface area (Å²) in [6, 6.07) is 15.3. The van der Waals surface area contributed by atoms with Crippen LogP contribution < -0.4 is 4.74 Å². The quantitative estimate of drug-likeness (QED) is 0.314. The van der Waals surface area contributed by atoms with Gasteiger partial charge in [0, 0.05) is 17.2 Å². The molecule has 2 rings (SSSR count). The number of allylic oxidation sites excluding steroid dienone is 1. The first-order valence-electron chi connectivity index (χ1n) is 9.04. The third kappa shape index (κ3) is 8.50. The van der Waals surface area contributed by atoms with Gasteiger partial charge in [0.1, 0.15) is 12.4 Å². The van der Waals surface area contributed by atoms with Crippen LogP contribution in [-0.2, 0) is 6.42 Å². The maximum atomic E-state index is 12.0. The summed E-state index contributed by atoms with van der Waals surface area (Å²) >= 11 is 0. The molecule has 0 spiro atoms. The standard InChI is InChI=1S/C23H23F3O/c1-2-3-4-6-19-7-9-20(10-8-19)11-12-21-13-15-22(16-14-21)27-18-5-17-23(24,25)26/h5,7-10,13-17H,2-4,6,18H2,1H3/b17-5+. The molecule has 0 aromatic heterocycles. The van der Waals surface area contributed by atoms with Gasteiger partial charge in [-0.15, -0.1) is 0 Å². The van der Waals surface area contributed by atoms with Crippen LogP contribution in [0.3, 0.4) is 0 Å². The highest BCUT2D eigenvalue weighted by Gasteiger charge is 2.21. The molecule has 27 heavy (non-hydrogen) atoms. The van der Waals surface area contributed by atoms with Gasteiger partial charge in [-0.3, -0.25) is 0 Å². The fourth-order valence-corrected chi connectivity index (χ4v) is 2.44. The smallest absolute Gasteiger partial charge is 0.409 e. The third-order valence-corrected chi connectivity index (χ3v) is 3.88. The molecule has 0 atom stereocenters. The Balaban J connectivity index is 1.87. The van der Waals surface area contributed by atoms with E-state index in [9.17, 15) is 13.2 Å². The number of alkyl halides is 3. The van der Waals surface area contributed by atoms with Gasteiger partial charge in [-0.2, -0.15) is 13.2 Å². The first kappa shape index (κ1) is 20.6. The van der Waals surface area contributed by atoms with Gasteiger partial charge in [0.25, 0.3) is 0 Å². The largest absolute Gasteiger partial charge is 0.490 e. The SMILES string of the molecule is CCCCCc1ccc(C#Cc2ccc(OC/C=C/C(F)(F)F)cc2)cc1. The van der Waals surface area contributed by atoms with Crippen LogP contribution in [0.5, 0.6) is 5.75 Å². The van der Waals surface area contributed by atoms with E-state index in [1.807, 2.05) is 12.1 Å². The van der Waals surface area contributed by atoms with Crippen LogP contribution in [0.1, 0.15) is 42.9 Å². The van der Waals surface area contributed by atoms with E-state index in [0.29, 0.717) is 5.75 Å². The van der Waals surface area contributed by atoms with Crippen molar-refractivity contribution in [1.29, 1.82) is 0 Å². The summed E-state index contributed by atoms with van der Waals surface area (Å²) in [6.07, 6.45) is 1.58. The zero-order valence-electron chi connectivity index (χ0n) is 15.4. The van der Waals surface area contributed by atoms with Crippen molar-refractivity contribution in [1.82, 2.24) is 0 Å². The molecule has 1 nitrogen and oxygen atoms in total. The van der Waals surface area contributed by atoms with Crippen molar-refractivity contribution in [3.63, 3.8) is 0 Å². The van der Waals surface area contributed by atoms with E-state index in [1.54, 1.807) is 24.3 Å². The van der Waals surface area contributed by atoms with Crippen LogP contribution in [-0.4, -0.2) is 12.8 Å². The summed E-state index contributed by atoms with van der Waals surface area (Å²) in [4.78, 5) is 0. The number of ether oxygens (including phenoxy) is 1. The molecular weight excluding hydrogens is 349 g/mol. The average Bonchev–Trinajstić information content (AvgIpc) is 2.65. The normalized spacial score (nSPS) is 11.3. The molecular formula is C23H23F3O. The molecule has 4 heteroatoms. The van der Waals surface area contributed by atoms with E-state index in [4.69, 9.17) is 4.74 Å². The Kier molecular flexibility index (Phi) is 8.00. The molecule has 0 radical (unpaired) electrons. The van der Waals surface area contributed by atoms with Crippen molar-refractivity contribution in [2.45, 2.75) is 38.8 Å². The molecule has 0 heterocycles. The summed E-state index contributed by atoms with van der Waals surface area (Å²) in [5, 5.41) is 0. The molecule has 0 bridgehead atoms. The van der Waals surface area contributed by atoms with Crippen molar-refractivity contribution in [2.75, 3.05) is 6.61 Å². The lowest BCUT2D eigenvalue weighted by molar-refractivity contribution is -0.0801. The van der Waals surface area contributed by atoms with Crippen LogP contribution >= 0.6 is 0 Å². The number of hydrogen-bond acceptors (Lipinski definition) is 1. The molecule has 0 fully saturated rings. The highest BCUT2D eigenvalue weighted by molar-refractivity contribution is 5.44. The third-order valence-electron chi connectivity index (χ3n) is 3.88. The van der Waals surface area contributed by atoms with Crippen LogP contribution in [0.4, 0.5) is 13.2 Å². The van der Waals surface area contributed by atoms with Gasteiger partial charge >= 0.3 is 6.18 Å². The van der Waals surface area contributed by atoms with E-state index >= 15 is 0 Å². The van der Waals surface area contributed by atoms with E-state index in [-0.39, 0.29) is 12.7 Å². The van der Waals surface area contributed by atoms with Gasteiger partial charge in [0.05, 0.1) is 0 Å². The topological polar surface area (TPSA) is 9.23 Å². The molecule has 0 saturated carbocycles. The summed E-state index contributed by atoms with van der Waals surface area (Å²) in [5.41, 5.74) is 3.10. The summed E-state index contributed by atoms with van der Waals surface area (Å²) in [5.74, 6) is 6.70. The monoisotopic (exact) mass is 372 g/mol. The van der Waals surface area contributed by atoms with Gasteiger partial charge < -0.3 is 4.74 Å². The Morgan fingerprint density at radius 1 is 0.889 bits per heavy atom. The lowest BCUT2D eigenvalue weighted by Gasteiger charge is -2.03. The second-order valence-corrected chi connectivity index (χ2v) is 6.18. The van der Waals surface area contributed by atoms with Crippen molar-refractivity contribution >= 4 is 0 Å². The highest BCUT2D eigenvalue weighted by Crippen LogP contribution is 2.16. The summed E-state index contributed by atoms with van der Waals surface area (Å²) < 4.78 is 41.2. The molecule has 0 aliphatic rings. The molecule has 0 N–H and O–H groups in total. The lowest BCUT2D eigenvalue weighted by atomic mass is 10.1. The Bertz CT molecular complexity index is 776. The van der Waals surface area contributed by atoms with E-state index in [2.05, 4.69) is 30.9 Å². The average molecular weight is 372 g/mol. The number of rotatable bonds is 7. The molecule has 0 aliphatic heterocycles. The van der Waals surface area contributed by atoms with Crippen molar-refractivity contribution < 1.29 is 17.9 Å². The maximum Gasteiger partial charge on any atom is 0.409 e. The Hall–Kier alpha value is -2.67. The number of aryl methyl sites for hydroxylation is 1. The van der Waals surface area contributed by atoms with Crippen molar-refractivity contribution in [3.05, 3.63) is 77.4 Å². The minimum Gasteiger partial charge on any atom is -0.490 e. The molecule has 0 saturated heterocycles. The molecule has 2 aromatic carbocycles. The molecule has 0 unspecified atom stereocenters. The van der Waals surface area contributed by atoms with Gasteiger partial charge in [-0.1, -0.05) is 43.7 Å². The number of benzene rings is 2. The summed E-state index contributed by atoms with van der Waals surface area (Å²) in [7, 11) is 0. The second-order valence-electron chi connectivity index (χ2n) is 6.18. The minimum atomic E-state index is -4.31. The molecule has 2 aromatic rings. The summed E-state index contributed by atoms with van der Waals surface area (Å²) in [6.45, 7) is 2.07. The second kappa shape index (κ2) is 10.5. The predicted octanol–water partition coefficient (Wildman–Crippen LogP) is 6.32.